The quantitative estimate of drug-likeness (QED) is 0.314. The Kier molecular flexibility index (Phi) is 11.3. The summed E-state index contributed by atoms with van der Waals surface area (Å²) in [4.78, 5) is 8.60. The molecule has 0 unspecified atom stereocenters. The molecule has 0 spiro atoms. The molecule has 0 atom stereocenters. The van der Waals surface area contributed by atoms with Crippen molar-refractivity contribution in [3.8, 4) is 11.6 Å². The maximum atomic E-state index is 5.70. The van der Waals surface area contributed by atoms with Crippen molar-refractivity contribution in [1.82, 2.24) is 15.6 Å². The second-order valence-electron chi connectivity index (χ2n) is 6.23. The van der Waals surface area contributed by atoms with Gasteiger partial charge in [0, 0.05) is 31.9 Å². The van der Waals surface area contributed by atoms with Gasteiger partial charge >= 0.3 is 0 Å². The van der Waals surface area contributed by atoms with Gasteiger partial charge in [0.25, 0.3) is 0 Å². The molecule has 154 valence electrons. The highest BCUT2D eigenvalue weighted by Gasteiger charge is 2.07. The Morgan fingerprint density at radius 2 is 2.00 bits per heavy atom. The molecule has 2 aromatic rings. The predicted molar refractivity (Wildman–Crippen MR) is 125 cm³/mol. The smallest absolute Gasteiger partial charge is 0.218 e. The molecule has 0 aliphatic heterocycles. The second kappa shape index (κ2) is 13.2. The Morgan fingerprint density at radius 1 is 1.18 bits per heavy atom. The van der Waals surface area contributed by atoms with Gasteiger partial charge in [0.15, 0.2) is 5.96 Å². The van der Waals surface area contributed by atoms with E-state index in [1.807, 2.05) is 18.2 Å². The number of methoxy groups -OCH3 is 1. The number of aryl methyl sites for hydroxylation is 1. The van der Waals surface area contributed by atoms with E-state index in [2.05, 4.69) is 46.6 Å². The van der Waals surface area contributed by atoms with Crippen LogP contribution in [0.15, 0.2) is 41.5 Å². The lowest BCUT2D eigenvalue weighted by Gasteiger charge is -2.15. The van der Waals surface area contributed by atoms with Gasteiger partial charge in [0.2, 0.25) is 5.88 Å². The molecular weight excluding hydrogens is 467 g/mol. The largest absolute Gasteiger partial charge is 0.496 e. The van der Waals surface area contributed by atoms with Crippen molar-refractivity contribution in [2.75, 3.05) is 27.3 Å². The Labute approximate surface area is 185 Å². The Balaban J connectivity index is 0.00000392. The molecule has 2 N–H and O–H groups in total. The number of guanidine groups is 1. The number of rotatable bonds is 9. The third-order valence-electron chi connectivity index (χ3n) is 4.09. The van der Waals surface area contributed by atoms with E-state index in [-0.39, 0.29) is 24.0 Å². The molecule has 0 aliphatic carbocycles. The fourth-order valence-electron chi connectivity index (χ4n) is 2.71. The van der Waals surface area contributed by atoms with Gasteiger partial charge in [-0.15, -0.1) is 24.0 Å². The van der Waals surface area contributed by atoms with Crippen LogP contribution in [-0.4, -0.2) is 38.3 Å². The van der Waals surface area contributed by atoms with Crippen LogP contribution < -0.4 is 20.1 Å². The van der Waals surface area contributed by atoms with Crippen molar-refractivity contribution in [1.29, 1.82) is 0 Å². The van der Waals surface area contributed by atoms with E-state index < -0.39 is 0 Å². The van der Waals surface area contributed by atoms with Gasteiger partial charge in [-0.25, -0.2) is 4.98 Å². The average molecular weight is 498 g/mol. The standard InChI is InChI=1S/C21H30N4O2.HI/c1-5-13-27-20-18(7-6-11-23-20)15-25-21(22-3)24-12-10-17-14-16(2)8-9-19(17)26-4;/h6-9,11,14H,5,10,12-13,15H2,1-4H3,(H2,22,24,25);1H. The lowest BCUT2D eigenvalue weighted by Crippen LogP contribution is -2.38. The zero-order valence-corrected chi connectivity index (χ0v) is 19.4. The summed E-state index contributed by atoms with van der Waals surface area (Å²) in [6.07, 6.45) is 3.55. The number of nitrogens with zero attached hydrogens (tertiary/aromatic N) is 2. The van der Waals surface area contributed by atoms with Gasteiger partial charge in [-0.05, 0) is 37.5 Å². The van der Waals surface area contributed by atoms with Crippen LogP contribution in [0, 0.1) is 6.92 Å². The number of aromatic nitrogens is 1. The number of halogens is 1. The molecule has 1 heterocycles. The summed E-state index contributed by atoms with van der Waals surface area (Å²) in [5.41, 5.74) is 3.42. The molecule has 28 heavy (non-hydrogen) atoms. The van der Waals surface area contributed by atoms with E-state index in [9.17, 15) is 0 Å². The van der Waals surface area contributed by atoms with Gasteiger partial charge in [0.1, 0.15) is 5.75 Å². The molecular formula is C21H31IN4O2. The van der Waals surface area contributed by atoms with E-state index in [1.54, 1.807) is 20.4 Å². The maximum absolute atomic E-state index is 5.70. The highest BCUT2D eigenvalue weighted by Crippen LogP contribution is 2.19. The van der Waals surface area contributed by atoms with Crippen LogP contribution >= 0.6 is 24.0 Å². The van der Waals surface area contributed by atoms with Gasteiger partial charge in [0.05, 0.1) is 13.7 Å². The molecule has 6 nitrogen and oxygen atoms in total. The van der Waals surface area contributed by atoms with Crippen LogP contribution in [0.2, 0.25) is 0 Å². The first-order chi connectivity index (χ1) is 13.2. The van der Waals surface area contributed by atoms with Crippen LogP contribution in [-0.2, 0) is 13.0 Å². The molecule has 0 bridgehead atoms. The summed E-state index contributed by atoms with van der Waals surface area (Å²) in [6.45, 7) is 6.18. The first-order valence-corrected chi connectivity index (χ1v) is 9.32. The fraction of sp³-hybridized carbons (Fsp3) is 0.429. The van der Waals surface area contributed by atoms with Crippen molar-refractivity contribution in [3.63, 3.8) is 0 Å². The lowest BCUT2D eigenvalue weighted by molar-refractivity contribution is 0.301. The topological polar surface area (TPSA) is 67.8 Å². The van der Waals surface area contributed by atoms with Crippen LogP contribution in [0.25, 0.3) is 0 Å². The summed E-state index contributed by atoms with van der Waals surface area (Å²) >= 11 is 0. The number of pyridine rings is 1. The molecule has 7 heteroatoms. The average Bonchev–Trinajstić information content (AvgIpc) is 2.69. The number of hydrogen-bond donors (Lipinski definition) is 2. The summed E-state index contributed by atoms with van der Waals surface area (Å²) in [5, 5.41) is 6.66. The SMILES string of the molecule is CCCOc1ncccc1CNC(=NC)NCCc1cc(C)ccc1OC.I. The van der Waals surface area contributed by atoms with Gasteiger partial charge < -0.3 is 20.1 Å². The second-order valence-corrected chi connectivity index (χ2v) is 6.23. The van der Waals surface area contributed by atoms with E-state index in [0.29, 0.717) is 19.0 Å². The summed E-state index contributed by atoms with van der Waals surface area (Å²) in [6, 6.07) is 10.1. The molecule has 0 fully saturated rings. The molecule has 0 amide bonds. The Hall–Kier alpha value is -2.03. The predicted octanol–water partition coefficient (Wildman–Crippen LogP) is 3.71. The molecule has 0 aliphatic rings. The minimum atomic E-state index is 0. The van der Waals surface area contributed by atoms with Crippen LogP contribution in [0.5, 0.6) is 11.6 Å². The van der Waals surface area contributed by atoms with E-state index in [4.69, 9.17) is 9.47 Å². The molecule has 2 rings (SSSR count). The van der Waals surface area contributed by atoms with Crippen molar-refractivity contribution >= 4 is 29.9 Å². The third kappa shape index (κ3) is 7.53. The van der Waals surface area contributed by atoms with E-state index >= 15 is 0 Å². The summed E-state index contributed by atoms with van der Waals surface area (Å²) in [5.74, 6) is 2.33. The summed E-state index contributed by atoms with van der Waals surface area (Å²) < 4.78 is 11.1. The van der Waals surface area contributed by atoms with Crippen molar-refractivity contribution in [3.05, 3.63) is 53.2 Å². The maximum Gasteiger partial charge on any atom is 0.218 e. The van der Waals surface area contributed by atoms with Crippen molar-refractivity contribution in [2.45, 2.75) is 33.2 Å². The van der Waals surface area contributed by atoms with Gasteiger partial charge in [-0.1, -0.05) is 30.7 Å². The van der Waals surface area contributed by atoms with E-state index in [0.717, 1.165) is 36.7 Å². The molecule has 0 saturated heterocycles. The first-order valence-electron chi connectivity index (χ1n) is 9.32. The number of ether oxygens (including phenoxy) is 2. The zero-order chi connectivity index (χ0) is 19.5. The Bertz CT molecular complexity index is 753. The van der Waals surface area contributed by atoms with Crippen LogP contribution in [0.4, 0.5) is 0 Å². The molecule has 1 aromatic carbocycles. The number of aliphatic imine (C=N–C) groups is 1. The minimum Gasteiger partial charge on any atom is -0.496 e. The van der Waals surface area contributed by atoms with E-state index in [1.165, 1.54) is 11.1 Å². The van der Waals surface area contributed by atoms with Crippen LogP contribution in [0.3, 0.4) is 0 Å². The van der Waals surface area contributed by atoms with Crippen molar-refractivity contribution in [2.24, 2.45) is 4.99 Å². The summed E-state index contributed by atoms with van der Waals surface area (Å²) in [7, 11) is 3.47. The molecule has 1 aromatic heterocycles. The highest BCUT2D eigenvalue weighted by atomic mass is 127. The number of nitrogens with one attached hydrogen (secondary N) is 2. The number of hydrogen-bond acceptors (Lipinski definition) is 4. The lowest BCUT2D eigenvalue weighted by atomic mass is 10.1. The normalized spacial score (nSPS) is 10.8. The first kappa shape index (κ1) is 24.0. The zero-order valence-electron chi connectivity index (χ0n) is 17.1. The van der Waals surface area contributed by atoms with Crippen molar-refractivity contribution < 1.29 is 9.47 Å². The minimum absolute atomic E-state index is 0. The highest BCUT2D eigenvalue weighted by molar-refractivity contribution is 14.0. The Morgan fingerprint density at radius 3 is 2.71 bits per heavy atom. The van der Waals surface area contributed by atoms with Gasteiger partial charge in [-0.2, -0.15) is 0 Å². The fourth-order valence-corrected chi connectivity index (χ4v) is 2.71. The van der Waals surface area contributed by atoms with Crippen LogP contribution in [0.1, 0.15) is 30.0 Å². The molecule has 0 saturated carbocycles. The third-order valence-corrected chi connectivity index (χ3v) is 4.09. The molecule has 0 radical (unpaired) electrons. The van der Waals surface area contributed by atoms with Gasteiger partial charge in [-0.3, -0.25) is 4.99 Å². The monoisotopic (exact) mass is 498 g/mol. The number of benzene rings is 1.